The number of nitrogens with zero attached hydrogens (tertiary/aromatic N) is 2. The fourth-order valence-corrected chi connectivity index (χ4v) is 2.76. The molecule has 1 saturated carbocycles. The smallest absolute Gasteiger partial charge is 0.308 e. The second-order valence-electron chi connectivity index (χ2n) is 5.45. The Labute approximate surface area is 122 Å². The third kappa shape index (κ3) is 3.68. The van der Waals surface area contributed by atoms with E-state index >= 15 is 0 Å². The summed E-state index contributed by atoms with van der Waals surface area (Å²) in [6.45, 7) is 1.73. The summed E-state index contributed by atoms with van der Waals surface area (Å²) in [7, 11) is 0. The van der Waals surface area contributed by atoms with Crippen LogP contribution in [-0.2, 0) is 4.79 Å². The molecule has 0 aromatic carbocycles. The van der Waals surface area contributed by atoms with E-state index in [9.17, 15) is 20.0 Å². The molecule has 2 unspecified atom stereocenters. The third-order valence-electron chi connectivity index (χ3n) is 3.93. The summed E-state index contributed by atoms with van der Waals surface area (Å²) in [5, 5.41) is 23.2. The molecule has 2 N–H and O–H groups in total. The Morgan fingerprint density at radius 3 is 2.76 bits per heavy atom. The highest BCUT2D eigenvalue weighted by molar-refractivity contribution is 5.71. The summed E-state index contributed by atoms with van der Waals surface area (Å²) < 4.78 is 0. The number of aliphatic carboxylic acids is 1. The van der Waals surface area contributed by atoms with E-state index in [1.54, 1.807) is 6.92 Å². The van der Waals surface area contributed by atoms with Gasteiger partial charge in [-0.15, -0.1) is 0 Å². The topological polar surface area (TPSA) is 105 Å². The Bertz CT molecular complexity index is 547. The molecule has 7 heteroatoms. The van der Waals surface area contributed by atoms with E-state index in [1.807, 2.05) is 0 Å². The zero-order chi connectivity index (χ0) is 15.4. The van der Waals surface area contributed by atoms with Crippen molar-refractivity contribution in [1.82, 2.24) is 4.98 Å². The number of pyridine rings is 1. The van der Waals surface area contributed by atoms with Crippen molar-refractivity contribution in [1.29, 1.82) is 0 Å². The van der Waals surface area contributed by atoms with Gasteiger partial charge in [0.15, 0.2) is 0 Å². The summed E-state index contributed by atoms with van der Waals surface area (Å²) in [4.78, 5) is 25.7. The minimum atomic E-state index is -0.797. The van der Waals surface area contributed by atoms with Crippen molar-refractivity contribution in [2.45, 2.75) is 45.1 Å². The van der Waals surface area contributed by atoms with Gasteiger partial charge >= 0.3 is 5.97 Å². The van der Waals surface area contributed by atoms with Gasteiger partial charge in [-0.2, -0.15) is 0 Å². The number of carbonyl (C=O) groups is 1. The Morgan fingerprint density at radius 2 is 2.14 bits per heavy atom. The molecule has 1 fully saturated rings. The number of carboxylic acid groups (broad SMARTS) is 1. The van der Waals surface area contributed by atoms with Crippen molar-refractivity contribution < 1.29 is 14.8 Å². The number of nitro groups is 1. The highest BCUT2D eigenvalue weighted by Gasteiger charge is 2.30. The highest BCUT2D eigenvalue weighted by atomic mass is 16.6. The first kappa shape index (κ1) is 15.2. The van der Waals surface area contributed by atoms with E-state index in [0.717, 1.165) is 25.7 Å². The second kappa shape index (κ2) is 6.51. The largest absolute Gasteiger partial charge is 0.481 e. The minimum Gasteiger partial charge on any atom is -0.481 e. The molecule has 0 aliphatic heterocycles. The van der Waals surface area contributed by atoms with Crippen LogP contribution in [0.5, 0.6) is 0 Å². The molecule has 1 aliphatic carbocycles. The zero-order valence-electron chi connectivity index (χ0n) is 11.9. The molecule has 1 heterocycles. The number of nitrogens with one attached hydrogen (secondary N) is 1. The molecular weight excluding hydrogens is 274 g/mol. The first-order valence-corrected chi connectivity index (χ1v) is 7.09. The number of aryl methyl sites for hydroxylation is 1. The third-order valence-corrected chi connectivity index (χ3v) is 3.93. The van der Waals surface area contributed by atoms with E-state index in [0.29, 0.717) is 17.8 Å². The maximum Gasteiger partial charge on any atom is 0.308 e. The molecule has 114 valence electrons. The summed E-state index contributed by atoms with van der Waals surface area (Å²) in [6.07, 6.45) is 5.56. The van der Waals surface area contributed by atoms with Crippen molar-refractivity contribution in [3.8, 4) is 0 Å². The van der Waals surface area contributed by atoms with Crippen LogP contribution >= 0.6 is 0 Å². The SMILES string of the molecule is Cc1cc([N+](=O)[O-])cnc1NC1CCCCCC1C(=O)O. The van der Waals surface area contributed by atoms with Crippen molar-refractivity contribution >= 4 is 17.5 Å². The lowest BCUT2D eigenvalue weighted by atomic mass is 9.95. The first-order chi connectivity index (χ1) is 9.99. The Morgan fingerprint density at radius 1 is 1.43 bits per heavy atom. The molecule has 0 saturated heterocycles. The van der Waals surface area contributed by atoms with E-state index in [-0.39, 0.29) is 11.7 Å². The van der Waals surface area contributed by atoms with Crippen LogP contribution in [-0.4, -0.2) is 27.0 Å². The van der Waals surface area contributed by atoms with Gasteiger partial charge in [0.2, 0.25) is 0 Å². The van der Waals surface area contributed by atoms with Crippen LogP contribution in [0.3, 0.4) is 0 Å². The maximum absolute atomic E-state index is 11.4. The predicted octanol–water partition coefficient (Wildman–Crippen LogP) is 2.74. The molecule has 0 radical (unpaired) electrons. The lowest BCUT2D eigenvalue weighted by Gasteiger charge is -2.24. The molecule has 21 heavy (non-hydrogen) atoms. The van der Waals surface area contributed by atoms with Crippen LogP contribution in [0.15, 0.2) is 12.3 Å². The van der Waals surface area contributed by atoms with E-state index in [4.69, 9.17) is 0 Å². The Kier molecular flexibility index (Phi) is 4.72. The monoisotopic (exact) mass is 293 g/mol. The van der Waals surface area contributed by atoms with Crippen LogP contribution in [0.2, 0.25) is 0 Å². The normalized spacial score (nSPS) is 22.3. The van der Waals surface area contributed by atoms with Crippen molar-refractivity contribution in [2.75, 3.05) is 5.32 Å². The average molecular weight is 293 g/mol. The van der Waals surface area contributed by atoms with Crippen LogP contribution in [0.4, 0.5) is 11.5 Å². The molecule has 7 nitrogen and oxygen atoms in total. The molecule has 1 aromatic heterocycles. The van der Waals surface area contributed by atoms with Crippen molar-refractivity contribution in [3.63, 3.8) is 0 Å². The molecule has 2 rings (SSSR count). The van der Waals surface area contributed by atoms with E-state index in [2.05, 4.69) is 10.3 Å². The molecule has 0 amide bonds. The molecule has 0 bridgehead atoms. The zero-order valence-corrected chi connectivity index (χ0v) is 11.9. The molecule has 1 aliphatic rings. The summed E-state index contributed by atoms with van der Waals surface area (Å²) >= 11 is 0. The quantitative estimate of drug-likeness (QED) is 0.502. The number of hydrogen-bond acceptors (Lipinski definition) is 5. The maximum atomic E-state index is 11.4. The molecule has 0 spiro atoms. The van der Waals surface area contributed by atoms with Crippen LogP contribution < -0.4 is 5.32 Å². The summed E-state index contributed by atoms with van der Waals surface area (Å²) in [5.41, 5.74) is 0.589. The van der Waals surface area contributed by atoms with Gasteiger partial charge in [-0.05, 0) is 25.3 Å². The van der Waals surface area contributed by atoms with Crippen molar-refractivity contribution in [2.24, 2.45) is 5.92 Å². The first-order valence-electron chi connectivity index (χ1n) is 7.09. The average Bonchev–Trinajstić information content (AvgIpc) is 2.66. The van der Waals surface area contributed by atoms with Gasteiger partial charge in [0.05, 0.1) is 10.8 Å². The lowest BCUT2D eigenvalue weighted by Crippen LogP contribution is -2.34. The number of hydrogen-bond donors (Lipinski definition) is 2. The van der Waals surface area contributed by atoms with Gasteiger partial charge in [0.25, 0.3) is 5.69 Å². The molecular formula is C14H19N3O4. The molecule has 1 aromatic rings. The fraction of sp³-hybridized carbons (Fsp3) is 0.571. The van der Waals surface area contributed by atoms with Gasteiger partial charge < -0.3 is 10.4 Å². The number of anilines is 1. The number of carboxylic acids is 1. The second-order valence-corrected chi connectivity index (χ2v) is 5.45. The van der Waals surface area contributed by atoms with Gasteiger partial charge in [0, 0.05) is 12.1 Å². The van der Waals surface area contributed by atoms with Crippen molar-refractivity contribution in [3.05, 3.63) is 27.9 Å². The van der Waals surface area contributed by atoms with E-state index < -0.39 is 16.8 Å². The van der Waals surface area contributed by atoms with Gasteiger partial charge in [-0.1, -0.05) is 19.3 Å². The number of aromatic nitrogens is 1. The van der Waals surface area contributed by atoms with Crippen LogP contribution in [0, 0.1) is 23.0 Å². The summed E-state index contributed by atoms with van der Waals surface area (Å²) in [6, 6.07) is 1.26. The van der Waals surface area contributed by atoms with Gasteiger partial charge in [-0.25, -0.2) is 4.98 Å². The van der Waals surface area contributed by atoms with E-state index in [1.165, 1.54) is 12.3 Å². The van der Waals surface area contributed by atoms with Gasteiger partial charge in [0.1, 0.15) is 12.0 Å². The van der Waals surface area contributed by atoms with Crippen LogP contribution in [0.1, 0.15) is 37.7 Å². The standard InChI is InChI=1S/C14H19N3O4/c1-9-7-10(17(20)21)8-15-13(9)16-12-6-4-2-3-5-11(12)14(18)19/h7-8,11-12H,2-6H2,1H3,(H,15,16)(H,18,19). The lowest BCUT2D eigenvalue weighted by molar-refractivity contribution is -0.385. The minimum absolute atomic E-state index is 0.0614. The predicted molar refractivity (Wildman–Crippen MR) is 77.2 cm³/mol. The van der Waals surface area contributed by atoms with Crippen LogP contribution in [0.25, 0.3) is 0 Å². The fourth-order valence-electron chi connectivity index (χ4n) is 2.76. The van der Waals surface area contributed by atoms with Gasteiger partial charge in [-0.3, -0.25) is 14.9 Å². The number of rotatable bonds is 4. The summed E-state index contributed by atoms with van der Waals surface area (Å²) in [5.74, 6) is -0.711. The Balaban J connectivity index is 2.18. The molecule has 2 atom stereocenters. The highest BCUT2D eigenvalue weighted by Crippen LogP contribution is 2.27. The Hall–Kier alpha value is -2.18.